The summed E-state index contributed by atoms with van der Waals surface area (Å²) in [6.07, 6.45) is 10.0. The molecular formula is C21H34O3. The Labute approximate surface area is 147 Å². The number of hydrogen-bond donors (Lipinski definition) is 1. The molecule has 0 bridgehead atoms. The first-order valence-electron chi connectivity index (χ1n) is 9.25. The van der Waals surface area contributed by atoms with Crippen LogP contribution in [0.4, 0.5) is 0 Å². The van der Waals surface area contributed by atoms with Crippen molar-refractivity contribution in [3.05, 3.63) is 34.9 Å². The highest BCUT2D eigenvalue weighted by atomic mass is 16.7. The molecule has 3 nitrogen and oxygen atoms in total. The molecule has 1 N–H and O–H groups in total. The number of rotatable bonds is 5. The normalized spacial score (nSPS) is 36.2. The van der Waals surface area contributed by atoms with E-state index in [1.165, 1.54) is 16.7 Å². The fraction of sp³-hybridized carbons (Fsp3) is 0.714. The average Bonchev–Trinajstić information content (AvgIpc) is 2.90. The first-order valence-corrected chi connectivity index (χ1v) is 9.25. The van der Waals surface area contributed by atoms with Gasteiger partial charge >= 0.3 is 0 Å². The summed E-state index contributed by atoms with van der Waals surface area (Å²) in [5.74, 6) is 0.906. The molecule has 2 rings (SSSR count). The lowest BCUT2D eigenvalue weighted by Gasteiger charge is -2.33. The van der Waals surface area contributed by atoms with Gasteiger partial charge in [-0.3, -0.25) is 0 Å². The third-order valence-corrected chi connectivity index (χ3v) is 5.43. The molecule has 0 aromatic heterocycles. The number of aliphatic hydroxyl groups is 1. The van der Waals surface area contributed by atoms with Crippen molar-refractivity contribution in [3.63, 3.8) is 0 Å². The third-order valence-electron chi connectivity index (χ3n) is 5.43. The lowest BCUT2D eigenvalue weighted by atomic mass is 9.73. The van der Waals surface area contributed by atoms with Gasteiger partial charge in [-0.25, -0.2) is 0 Å². The van der Waals surface area contributed by atoms with Gasteiger partial charge in [0.05, 0.1) is 12.7 Å². The zero-order valence-corrected chi connectivity index (χ0v) is 15.9. The molecule has 3 heteroatoms. The summed E-state index contributed by atoms with van der Waals surface area (Å²) in [5, 5.41) is 11.0. The van der Waals surface area contributed by atoms with Gasteiger partial charge < -0.3 is 14.6 Å². The highest BCUT2D eigenvalue weighted by molar-refractivity contribution is 5.20. The number of allylic oxidation sites excluding steroid dienone is 4. The third kappa shape index (κ3) is 4.81. The van der Waals surface area contributed by atoms with Gasteiger partial charge in [0.2, 0.25) is 0 Å². The lowest BCUT2D eigenvalue weighted by Crippen LogP contribution is -2.35. The largest absolute Gasteiger partial charge is 0.392 e. The van der Waals surface area contributed by atoms with E-state index in [0.717, 1.165) is 25.7 Å². The SMILES string of the molecule is CO[C@@H]1OC[C@@H]2/C1=C\C/C=C(\C)C[C@@H](O)[C@H]2C(C)CCC=C(C)C. The first-order chi connectivity index (χ1) is 11.4. The van der Waals surface area contributed by atoms with Crippen LogP contribution in [-0.4, -0.2) is 31.2 Å². The topological polar surface area (TPSA) is 38.7 Å². The molecule has 0 saturated carbocycles. The van der Waals surface area contributed by atoms with E-state index in [-0.39, 0.29) is 24.2 Å². The summed E-state index contributed by atoms with van der Waals surface area (Å²) in [6, 6.07) is 0. The summed E-state index contributed by atoms with van der Waals surface area (Å²) < 4.78 is 11.4. The molecule has 2 aliphatic rings. The molecular weight excluding hydrogens is 300 g/mol. The first kappa shape index (κ1) is 19.4. The van der Waals surface area contributed by atoms with Gasteiger partial charge in [0.15, 0.2) is 6.29 Å². The van der Waals surface area contributed by atoms with Gasteiger partial charge in [-0.1, -0.05) is 36.3 Å². The number of ether oxygens (including phenoxy) is 2. The van der Waals surface area contributed by atoms with Crippen LogP contribution in [0, 0.1) is 17.8 Å². The van der Waals surface area contributed by atoms with Gasteiger partial charge in [0.25, 0.3) is 0 Å². The summed E-state index contributed by atoms with van der Waals surface area (Å²) in [7, 11) is 1.70. The predicted molar refractivity (Wildman–Crippen MR) is 98.6 cm³/mol. The van der Waals surface area contributed by atoms with Crippen LogP contribution >= 0.6 is 0 Å². The Morgan fingerprint density at radius 2 is 2.17 bits per heavy atom. The smallest absolute Gasteiger partial charge is 0.179 e. The molecule has 0 spiro atoms. The van der Waals surface area contributed by atoms with E-state index in [4.69, 9.17) is 9.47 Å². The maximum absolute atomic E-state index is 11.0. The minimum absolute atomic E-state index is 0.211. The Kier molecular flexibility index (Phi) is 7.27. The van der Waals surface area contributed by atoms with Crippen LogP contribution in [-0.2, 0) is 9.47 Å². The molecule has 0 amide bonds. The molecule has 1 aliphatic heterocycles. The lowest BCUT2D eigenvalue weighted by molar-refractivity contribution is -0.0727. The predicted octanol–water partition coefficient (Wildman–Crippen LogP) is 4.63. The van der Waals surface area contributed by atoms with Gasteiger partial charge in [0, 0.05) is 13.0 Å². The van der Waals surface area contributed by atoms with Crippen molar-refractivity contribution in [3.8, 4) is 0 Å². The molecule has 5 atom stereocenters. The maximum atomic E-state index is 11.0. The van der Waals surface area contributed by atoms with Gasteiger partial charge in [-0.15, -0.1) is 0 Å². The zero-order chi connectivity index (χ0) is 17.7. The summed E-state index contributed by atoms with van der Waals surface area (Å²) in [5.41, 5.74) is 3.86. The summed E-state index contributed by atoms with van der Waals surface area (Å²) in [6.45, 7) is 9.34. The van der Waals surface area contributed by atoms with Crippen molar-refractivity contribution in [1.29, 1.82) is 0 Å². The Morgan fingerprint density at radius 1 is 1.42 bits per heavy atom. The van der Waals surface area contributed by atoms with E-state index in [0.29, 0.717) is 12.5 Å². The molecule has 1 saturated heterocycles. The van der Waals surface area contributed by atoms with Crippen LogP contribution in [0.2, 0.25) is 0 Å². The second kappa shape index (κ2) is 8.98. The number of fused-ring (bicyclic) bond motifs is 1. The van der Waals surface area contributed by atoms with E-state index in [1.807, 2.05) is 0 Å². The zero-order valence-electron chi connectivity index (χ0n) is 15.9. The Morgan fingerprint density at radius 3 is 2.83 bits per heavy atom. The van der Waals surface area contributed by atoms with Gasteiger partial charge in [-0.2, -0.15) is 0 Å². The summed E-state index contributed by atoms with van der Waals surface area (Å²) >= 11 is 0. The second-order valence-corrected chi connectivity index (χ2v) is 7.68. The van der Waals surface area contributed by atoms with Crippen molar-refractivity contribution in [2.75, 3.05) is 13.7 Å². The van der Waals surface area contributed by atoms with E-state index < -0.39 is 0 Å². The standard InChI is InChI=1S/C21H34O3/c1-14(2)8-6-10-16(4)20-18-13-24-21(23-5)17(18)11-7-9-15(3)12-19(20)22/h8-9,11,16,18-22H,6-7,10,12-13H2,1-5H3/b15-9+,17-11+/t16?,18-,19-,20+,21-/m1/s1. The van der Waals surface area contributed by atoms with Crippen molar-refractivity contribution in [2.24, 2.45) is 17.8 Å². The fourth-order valence-electron chi connectivity index (χ4n) is 4.16. The number of hydrogen-bond acceptors (Lipinski definition) is 3. The van der Waals surface area contributed by atoms with Gasteiger partial charge in [0.1, 0.15) is 0 Å². The molecule has 0 aromatic rings. The van der Waals surface area contributed by atoms with Crippen LogP contribution in [0.1, 0.15) is 53.4 Å². The highest BCUT2D eigenvalue weighted by Crippen LogP contribution is 2.41. The molecule has 1 unspecified atom stereocenters. The van der Waals surface area contributed by atoms with Crippen molar-refractivity contribution in [1.82, 2.24) is 0 Å². The van der Waals surface area contributed by atoms with Crippen LogP contribution in [0.15, 0.2) is 34.9 Å². The minimum Gasteiger partial charge on any atom is -0.392 e. The minimum atomic E-state index is -0.325. The Balaban J connectivity index is 2.23. The quantitative estimate of drug-likeness (QED) is 0.745. The summed E-state index contributed by atoms with van der Waals surface area (Å²) in [4.78, 5) is 0. The number of methoxy groups -OCH3 is 1. The Hall–Kier alpha value is -0.900. The Bertz CT molecular complexity index is 499. The molecule has 136 valence electrons. The molecule has 1 aliphatic carbocycles. The molecule has 0 radical (unpaired) electrons. The van der Waals surface area contributed by atoms with Crippen molar-refractivity contribution < 1.29 is 14.6 Å². The average molecular weight is 335 g/mol. The second-order valence-electron chi connectivity index (χ2n) is 7.68. The monoisotopic (exact) mass is 334 g/mol. The molecule has 1 fully saturated rings. The van der Waals surface area contributed by atoms with E-state index >= 15 is 0 Å². The van der Waals surface area contributed by atoms with Crippen LogP contribution in [0.5, 0.6) is 0 Å². The highest BCUT2D eigenvalue weighted by Gasteiger charge is 2.41. The van der Waals surface area contributed by atoms with Crippen molar-refractivity contribution >= 4 is 0 Å². The van der Waals surface area contributed by atoms with Crippen LogP contribution < -0.4 is 0 Å². The maximum Gasteiger partial charge on any atom is 0.179 e. The molecule has 0 aromatic carbocycles. The van der Waals surface area contributed by atoms with Crippen molar-refractivity contribution in [2.45, 2.75) is 65.8 Å². The fourth-order valence-corrected chi connectivity index (χ4v) is 4.16. The molecule has 1 heterocycles. The number of aliphatic hydroxyl groups excluding tert-OH is 1. The molecule has 24 heavy (non-hydrogen) atoms. The van der Waals surface area contributed by atoms with Crippen LogP contribution in [0.3, 0.4) is 0 Å². The van der Waals surface area contributed by atoms with E-state index in [1.54, 1.807) is 7.11 Å². The van der Waals surface area contributed by atoms with Crippen LogP contribution in [0.25, 0.3) is 0 Å². The van der Waals surface area contributed by atoms with E-state index in [2.05, 4.69) is 45.9 Å². The van der Waals surface area contributed by atoms with Gasteiger partial charge in [-0.05, 0) is 63.9 Å². The van der Waals surface area contributed by atoms with E-state index in [9.17, 15) is 5.11 Å².